The monoisotopic (exact) mass is 498 g/mol. The van der Waals surface area contributed by atoms with Gasteiger partial charge in [-0.05, 0) is 53.6 Å². The van der Waals surface area contributed by atoms with Gasteiger partial charge in [-0.2, -0.15) is 18.3 Å². The molecule has 170 valence electrons. The first-order valence-corrected chi connectivity index (χ1v) is 10.2. The van der Waals surface area contributed by atoms with Crippen molar-refractivity contribution in [3.8, 4) is 22.6 Å². The molecule has 0 bridgehead atoms. The molecule has 0 unspecified atom stereocenters. The summed E-state index contributed by atoms with van der Waals surface area (Å²) in [5.74, 6) is -1.58. The molecule has 4 rings (SSSR count). The summed E-state index contributed by atoms with van der Waals surface area (Å²) in [5.41, 5.74) is 0.117. The molecule has 0 atom stereocenters. The summed E-state index contributed by atoms with van der Waals surface area (Å²) in [7, 11) is 0. The third kappa shape index (κ3) is 4.96. The first-order chi connectivity index (χ1) is 15.6. The van der Waals surface area contributed by atoms with Crippen molar-refractivity contribution in [3.63, 3.8) is 0 Å². The maximum Gasteiger partial charge on any atom is 0.435 e. The van der Waals surface area contributed by atoms with E-state index in [2.05, 4.69) is 5.10 Å². The second kappa shape index (κ2) is 9.03. The van der Waals surface area contributed by atoms with Crippen LogP contribution < -0.4 is 4.74 Å². The number of aromatic nitrogens is 2. The van der Waals surface area contributed by atoms with Gasteiger partial charge in [0.15, 0.2) is 17.3 Å². The Morgan fingerprint density at radius 3 is 2.06 bits per heavy atom. The molecule has 0 amide bonds. The van der Waals surface area contributed by atoms with Crippen LogP contribution in [-0.2, 0) is 12.8 Å². The Kier molecular flexibility index (Phi) is 6.32. The van der Waals surface area contributed by atoms with Crippen LogP contribution in [0, 0.1) is 11.6 Å². The highest BCUT2D eigenvalue weighted by Crippen LogP contribution is 2.34. The Hall–Kier alpha value is -3.10. The maximum atomic E-state index is 13.5. The lowest BCUT2D eigenvalue weighted by molar-refractivity contribution is -0.141. The highest BCUT2D eigenvalue weighted by molar-refractivity contribution is 6.37. The Labute approximate surface area is 194 Å². The molecule has 0 aliphatic carbocycles. The molecule has 3 nitrogen and oxygen atoms in total. The zero-order valence-electron chi connectivity index (χ0n) is 16.5. The van der Waals surface area contributed by atoms with E-state index in [0.29, 0.717) is 16.9 Å². The van der Waals surface area contributed by atoms with Crippen LogP contribution in [0.15, 0.2) is 66.7 Å². The van der Waals surface area contributed by atoms with Gasteiger partial charge in [0.25, 0.3) is 0 Å². The average molecular weight is 499 g/mol. The molecule has 4 aromatic rings. The molecule has 0 aliphatic rings. The molecule has 0 saturated heterocycles. The number of para-hydroxylation sites is 1. The summed E-state index contributed by atoms with van der Waals surface area (Å²) in [6.45, 7) is -0.269. The Balaban J connectivity index is 1.60. The van der Waals surface area contributed by atoms with Crippen LogP contribution in [0.5, 0.6) is 5.75 Å². The van der Waals surface area contributed by atoms with Crippen LogP contribution in [-0.4, -0.2) is 9.78 Å². The van der Waals surface area contributed by atoms with Crippen LogP contribution in [0.3, 0.4) is 0 Å². The fourth-order valence-corrected chi connectivity index (χ4v) is 3.68. The van der Waals surface area contributed by atoms with Crippen molar-refractivity contribution in [2.24, 2.45) is 0 Å². The molecule has 1 aromatic heterocycles. The highest BCUT2D eigenvalue weighted by Gasteiger charge is 2.35. The molecule has 3 aromatic carbocycles. The lowest BCUT2D eigenvalue weighted by Gasteiger charge is -2.12. The molecule has 0 radical (unpaired) electrons. The van der Waals surface area contributed by atoms with Crippen molar-refractivity contribution >= 4 is 23.2 Å². The number of alkyl halides is 3. The zero-order chi connectivity index (χ0) is 23.8. The summed E-state index contributed by atoms with van der Waals surface area (Å²) in [5, 5.41) is 3.87. The summed E-state index contributed by atoms with van der Waals surface area (Å²) in [6.07, 6.45) is -4.68. The highest BCUT2D eigenvalue weighted by atomic mass is 35.5. The number of ether oxygens (including phenoxy) is 1. The van der Waals surface area contributed by atoms with Gasteiger partial charge in [-0.15, -0.1) is 0 Å². The van der Waals surface area contributed by atoms with Crippen molar-refractivity contribution in [2.45, 2.75) is 12.8 Å². The second-order valence-electron chi connectivity index (χ2n) is 6.94. The van der Waals surface area contributed by atoms with Crippen LogP contribution in [0.4, 0.5) is 22.0 Å². The van der Waals surface area contributed by atoms with E-state index in [4.69, 9.17) is 27.9 Å². The summed E-state index contributed by atoms with van der Waals surface area (Å²) < 4.78 is 73.1. The van der Waals surface area contributed by atoms with E-state index in [1.165, 1.54) is 18.2 Å². The first-order valence-electron chi connectivity index (χ1n) is 9.42. The number of nitrogens with zero attached hydrogens (tertiary/aromatic N) is 2. The Bertz CT molecular complexity index is 1280. The van der Waals surface area contributed by atoms with Gasteiger partial charge in [0.1, 0.15) is 18.0 Å². The Morgan fingerprint density at radius 1 is 0.818 bits per heavy atom. The smallest absolute Gasteiger partial charge is 0.435 e. The van der Waals surface area contributed by atoms with Crippen molar-refractivity contribution in [2.75, 3.05) is 0 Å². The fraction of sp³-hybridized carbons (Fsp3) is 0.0870. The van der Waals surface area contributed by atoms with Crippen molar-refractivity contribution in [1.29, 1.82) is 0 Å². The molecular formula is C23H13Cl2F5N2O. The second-order valence-corrected chi connectivity index (χ2v) is 7.76. The van der Waals surface area contributed by atoms with E-state index in [0.717, 1.165) is 22.9 Å². The van der Waals surface area contributed by atoms with Crippen molar-refractivity contribution in [3.05, 3.63) is 99.8 Å². The SMILES string of the molecule is Fc1ccc(-c2ccc(OCc3cc(C(F)(F)F)nn3-c3c(Cl)cccc3Cl)cc2)cc1F. The summed E-state index contributed by atoms with van der Waals surface area (Å²) in [6, 6.07) is 15.3. The predicted octanol–water partition coefficient (Wildman–Crippen LogP) is 7.72. The molecule has 33 heavy (non-hydrogen) atoms. The molecular weight excluding hydrogens is 486 g/mol. The lowest BCUT2D eigenvalue weighted by Crippen LogP contribution is -2.09. The van der Waals surface area contributed by atoms with Gasteiger partial charge in [0.05, 0.1) is 15.7 Å². The summed E-state index contributed by atoms with van der Waals surface area (Å²) in [4.78, 5) is 0. The predicted molar refractivity (Wildman–Crippen MR) is 115 cm³/mol. The van der Waals surface area contributed by atoms with Gasteiger partial charge in [0.2, 0.25) is 0 Å². The molecule has 0 N–H and O–H groups in total. The van der Waals surface area contributed by atoms with Gasteiger partial charge in [-0.25, -0.2) is 13.5 Å². The molecule has 1 heterocycles. The third-order valence-electron chi connectivity index (χ3n) is 4.72. The van der Waals surface area contributed by atoms with Crippen LogP contribution in [0.25, 0.3) is 16.8 Å². The van der Waals surface area contributed by atoms with E-state index < -0.39 is 23.5 Å². The van der Waals surface area contributed by atoms with Crippen LogP contribution in [0.2, 0.25) is 10.0 Å². The molecule has 0 aliphatic heterocycles. The van der Waals surface area contributed by atoms with E-state index in [1.807, 2.05) is 0 Å². The molecule has 0 fully saturated rings. The number of halogens is 7. The van der Waals surface area contributed by atoms with E-state index in [-0.39, 0.29) is 28.0 Å². The van der Waals surface area contributed by atoms with Gasteiger partial charge in [0, 0.05) is 0 Å². The van der Waals surface area contributed by atoms with Crippen molar-refractivity contribution in [1.82, 2.24) is 9.78 Å². The lowest BCUT2D eigenvalue weighted by atomic mass is 10.1. The Morgan fingerprint density at radius 2 is 1.45 bits per heavy atom. The minimum atomic E-state index is -4.68. The molecule has 0 spiro atoms. The van der Waals surface area contributed by atoms with Crippen LogP contribution in [0.1, 0.15) is 11.4 Å². The average Bonchev–Trinajstić information content (AvgIpc) is 3.19. The van der Waals surface area contributed by atoms with Gasteiger partial charge in [-0.3, -0.25) is 0 Å². The fourth-order valence-electron chi connectivity index (χ4n) is 3.12. The number of hydrogen-bond donors (Lipinski definition) is 0. The minimum absolute atomic E-state index is 0.0713. The van der Waals surface area contributed by atoms with E-state index in [9.17, 15) is 22.0 Å². The maximum absolute atomic E-state index is 13.5. The number of rotatable bonds is 5. The zero-order valence-corrected chi connectivity index (χ0v) is 18.0. The largest absolute Gasteiger partial charge is 0.487 e. The van der Waals surface area contributed by atoms with Crippen LogP contribution >= 0.6 is 23.2 Å². The topological polar surface area (TPSA) is 27.1 Å². The number of benzene rings is 3. The summed E-state index contributed by atoms with van der Waals surface area (Å²) >= 11 is 12.3. The van der Waals surface area contributed by atoms with Gasteiger partial charge >= 0.3 is 6.18 Å². The quantitative estimate of drug-likeness (QED) is 0.263. The first kappa shape index (κ1) is 23.1. The standard InChI is InChI=1S/C23H13Cl2F5N2O/c24-17-2-1-3-18(25)22(17)32-15(11-21(31-32)23(28,29)30)12-33-16-7-4-13(5-8-16)14-6-9-19(26)20(27)10-14/h1-11H,12H2. The van der Waals surface area contributed by atoms with E-state index in [1.54, 1.807) is 30.3 Å². The van der Waals surface area contributed by atoms with E-state index >= 15 is 0 Å². The molecule has 0 saturated carbocycles. The third-order valence-corrected chi connectivity index (χ3v) is 5.33. The number of hydrogen-bond acceptors (Lipinski definition) is 2. The normalized spacial score (nSPS) is 11.6. The minimum Gasteiger partial charge on any atom is -0.487 e. The molecule has 10 heteroatoms. The van der Waals surface area contributed by atoms with Gasteiger partial charge in [-0.1, -0.05) is 47.5 Å². The van der Waals surface area contributed by atoms with Crippen molar-refractivity contribution < 1.29 is 26.7 Å². The van der Waals surface area contributed by atoms with Gasteiger partial charge < -0.3 is 4.74 Å².